The lowest BCUT2D eigenvalue weighted by molar-refractivity contribution is -0.147. The molecule has 0 saturated carbocycles. The summed E-state index contributed by atoms with van der Waals surface area (Å²) in [4.78, 5) is 27.0. The number of amides is 1. The van der Waals surface area contributed by atoms with E-state index in [4.69, 9.17) is 27.9 Å². The minimum Gasteiger partial charge on any atom is -0.469 e. The van der Waals surface area contributed by atoms with Crippen LogP contribution >= 0.6 is 23.2 Å². The van der Waals surface area contributed by atoms with Gasteiger partial charge in [0.2, 0.25) is 5.91 Å². The van der Waals surface area contributed by atoms with Gasteiger partial charge in [0.05, 0.1) is 19.6 Å². The van der Waals surface area contributed by atoms with Crippen molar-refractivity contribution in [1.29, 1.82) is 0 Å². The molecule has 0 radical (unpaired) electrons. The van der Waals surface area contributed by atoms with Crippen molar-refractivity contribution in [2.75, 3.05) is 7.11 Å². The molecule has 2 aromatic carbocycles. The summed E-state index contributed by atoms with van der Waals surface area (Å²) < 4.78 is 4.88. The largest absolute Gasteiger partial charge is 0.469 e. The molecule has 4 nitrogen and oxygen atoms in total. The number of methoxy groups -OCH3 is 1. The number of benzene rings is 2. The fourth-order valence-corrected chi connectivity index (χ4v) is 4.52. The second kappa shape index (κ2) is 9.64. The van der Waals surface area contributed by atoms with Crippen molar-refractivity contribution >= 4 is 35.1 Å². The summed E-state index contributed by atoms with van der Waals surface area (Å²) in [7, 11) is 1.37. The molecule has 154 valence electrons. The number of halogens is 2. The molecule has 0 spiro atoms. The lowest BCUT2D eigenvalue weighted by Crippen LogP contribution is -2.48. The molecule has 0 bridgehead atoms. The van der Waals surface area contributed by atoms with E-state index in [0.717, 1.165) is 17.5 Å². The van der Waals surface area contributed by atoms with Crippen LogP contribution in [0.4, 0.5) is 0 Å². The fourth-order valence-electron chi connectivity index (χ4n) is 4.20. The van der Waals surface area contributed by atoms with Crippen molar-refractivity contribution in [1.82, 2.24) is 4.90 Å². The summed E-state index contributed by atoms with van der Waals surface area (Å²) in [6, 6.07) is 14.9. The Bertz CT molecular complexity index is 869. The molecule has 1 fully saturated rings. The van der Waals surface area contributed by atoms with Crippen LogP contribution in [0.3, 0.4) is 0 Å². The van der Waals surface area contributed by atoms with Crippen LogP contribution in [0.5, 0.6) is 0 Å². The first-order valence-corrected chi connectivity index (χ1v) is 10.6. The Morgan fingerprint density at radius 3 is 2.48 bits per heavy atom. The molecule has 0 aromatic heterocycles. The number of esters is 1. The van der Waals surface area contributed by atoms with Gasteiger partial charge in [0.15, 0.2) is 0 Å². The summed E-state index contributed by atoms with van der Waals surface area (Å²) >= 11 is 12.4. The highest BCUT2D eigenvalue weighted by atomic mass is 35.5. The van der Waals surface area contributed by atoms with Crippen LogP contribution in [0, 0.1) is 0 Å². The molecule has 0 N–H and O–H groups in total. The Morgan fingerprint density at radius 2 is 1.86 bits per heavy atom. The third kappa shape index (κ3) is 4.93. The molecule has 0 unspecified atom stereocenters. The second-order valence-corrected chi connectivity index (χ2v) is 8.21. The molecule has 1 heterocycles. The molecule has 3 rings (SSSR count). The van der Waals surface area contributed by atoms with E-state index in [9.17, 15) is 9.59 Å². The van der Waals surface area contributed by atoms with Gasteiger partial charge in [0, 0.05) is 28.4 Å². The third-order valence-electron chi connectivity index (χ3n) is 5.62. The van der Waals surface area contributed by atoms with Gasteiger partial charge >= 0.3 is 5.97 Å². The number of hydrogen-bond donors (Lipinski definition) is 0. The molecule has 6 heteroatoms. The summed E-state index contributed by atoms with van der Waals surface area (Å²) in [5, 5.41) is 1.31. The molecule has 29 heavy (non-hydrogen) atoms. The SMILES string of the molecule is CC[C@@H](CC(=O)OC)N1C(=O)CC[C@H](c2cccc(Cl)c2)[C@H]1c1ccc(Cl)cc1. The summed E-state index contributed by atoms with van der Waals surface area (Å²) in [5.41, 5.74) is 2.08. The third-order valence-corrected chi connectivity index (χ3v) is 6.11. The van der Waals surface area contributed by atoms with E-state index < -0.39 is 0 Å². The van der Waals surface area contributed by atoms with Crippen LogP contribution in [0.25, 0.3) is 0 Å². The van der Waals surface area contributed by atoms with Gasteiger partial charge in [0.1, 0.15) is 0 Å². The minimum absolute atomic E-state index is 0.0546. The number of carbonyl (C=O) groups is 2. The van der Waals surface area contributed by atoms with Crippen molar-refractivity contribution in [2.45, 2.75) is 50.6 Å². The highest BCUT2D eigenvalue weighted by molar-refractivity contribution is 6.30. The van der Waals surface area contributed by atoms with Crippen molar-refractivity contribution in [3.05, 3.63) is 69.7 Å². The first kappa shape index (κ1) is 21.7. The van der Waals surface area contributed by atoms with E-state index >= 15 is 0 Å². The Balaban J connectivity index is 2.08. The quantitative estimate of drug-likeness (QED) is 0.542. The van der Waals surface area contributed by atoms with Crippen molar-refractivity contribution < 1.29 is 14.3 Å². The number of carbonyl (C=O) groups excluding carboxylic acids is 2. The molecule has 2 aromatic rings. The zero-order chi connectivity index (χ0) is 21.0. The van der Waals surface area contributed by atoms with Gasteiger partial charge in [-0.3, -0.25) is 9.59 Å². The molecular weight excluding hydrogens is 409 g/mol. The van der Waals surface area contributed by atoms with E-state index in [1.165, 1.54) is 7.11 Å². The van der Waals surface area contributed by atoms with E-state index in [1.54, 1.807) is 0 Å². The average molecular weight is 434 g/mol. The van der Waals surface area contributed by atoms with E-state index in [-0.39, 0.29) is 36.3 Å². The number of hydrogen-bond acceptors (Lipinski definition) is 3. The minimum atomic E-state index is -0.315. The lowest BCUT2D eigenvalue weighted by atomic mass is 9.78. The Morgan fingerprint density at radius 1 is 1.14 bits per heavy atom. The summed E-state index contributed by atoms with van der Waals surface area (Å²) in [6.45, 7) is 1.99. The van der Waals surface area contributed by atoms with Gasteiger partial charge in [-0.1, -0.05) is 54.4 Å². The predicted molar refractivity (Wildman–Crippen MR) is 115 cm³/mol. The molecule has 1 aliphatic heterocycles. The number of nitrogens with zero attached hydrogens (tertiary/aromatic N) is 1. The van der Waals surface area contributed by atoms with Crippen LogP contribution in [0.2, 0.25) is 10.0 Å². The van der Waals surface area contributed by atoms with Crippen LogP contribution in [-0.4, -0.2) is 29.9 Å². The summed E-state index contributed by atoms with van der Waals surface area (Å²) in [5.74, 6) is -0.192. The summed E-state index contributed by atoms with van der Waals surface area (Å²) in [6.07, 6.45) is 1.98. The smallest absolute Gasteiger partial charge is 0.307 e. The maximum absolute atomic E-state index is 13.1. The number of ether oxygens (including phenoxy) is 1. The van der Waals surface area contributed by atoms with Crippen LogP contribution in [0.15, 0.2) is 48.5 Å². The average Bonchev–Trinajstić information content (AvgIpc) is 2.72. The maximum atomic E-state index is 13.1. The van der Waals surface area contributed by atoms with Gasteiger partial charge in [-0.05, 0) is 48.2 Å². The molecular formula is C23H25Cl2NO3. The zero-order valence-electron chi connectivity index (χ0n) is 16.6. The highest BCUT2D eigenvalue weighted by Crippen LogP contribution is 2.45. The monoisotopic (exact) mass is 433 g/mol. The van der Waals surface area contributed by atoms with E-state index in [2.05, 4.69) is 6.07 Å². The van der Waals surface area contributed by atoms with Gasteiger partial charge in [-0.2, -0.15) is 0 Å². The zero-order valence-corrected chi connectivity index (χ0v) is 18.1. The second-order valence-electron chi connectivity index (χ2n) is 7.34. The van der Waals surface area contributed by atoms with Crippen LogP contribution in [0.1, 0.15) is 55.7 Å². The van der Waals surface area contributed by atoms with Crippen molar-refractivity contribution in [3.63, 3.8) is 0 Å². The van der Waals surface area contributed by atoms with Crippen molar-refractivity contribution in [2.24, 2.45) is 0 Å². The van der Waals surface area contributed by atoms with Crippen LogP contribution < -0.4 is 0 Å². The lowest BCUT2D eigenvalue weighted by Gasteiger charge is -2.45. The molecule has 1 amide bonds. The Hall–Kier alpha value is -2.04. The van der Waals surface area contributed by atoms with E-state index in [0.29, 0.717) is 22.9 Å². The highest BCUT2D eigenvalue weighted by Gasteiger charge is 2.41. The van der Waals surface area contributed by atoms with Gasteiger partial charge < -0.3 is 9.64 Å². The number of piperidine rings is 1. The maximum Gasteiger partial charge on any atom is 0.307 e. The first-order valence-electron chi connectivity index (χ1n) is 9.83. The Labute approximate surface area is 181 Å². The van der Waals surface area contributed by atoms with Gasteiger partial charge in [-0.15, -0.1) is 0 Å². The predicted octanol–water partition coefficient (Wildman–Crippen LogP) is 5.78. The van der Waals surface area contributed by atoms with Gasteiger partial charge in [0.25, 0.3) is 0 Å². The Kier molecular flexibility index (Phi) is 7.20. The topological polar surface area (TPSA) is 46.6 Å². The number of likely N-dealkylation sites (tertiary alicyclic amines) is 1. The molecule has 0 aliphatic carbocycles. The number of rotatable bonds is 6. The molecule has 1 aliphatic rings. The molecule has 1 saturated heterocycles. The fraction of sp³-hybridized carbons (Fsp3) is 0.391. The molecule has 3 atom stereocenters. The van der Waals surface area contributed by atoms with Crippen LogP contribution in [-0.2, 0) is 14.3 Å². The van der Waals surface area contributed by atoms with Gasteiger partial charge in [-0.25, -0.2) is 0 Å². The van der Waals surface area contributed by atoms with E-state index in [1.807, 2.05) is 54.3 Å². The standard InChI is InChI=1S/C23H25Cl2NO3/c1-3-19(14-22(28)29-2)26-21(27)12-11-20(16-5-4-6-18(25)13-16)23(26)15-7-9-17(24)10-8-15/h4-10,13,19-20,23H,3,11-12,14H2,1-2H3/t19-,20+,23+/m0/s1. The van der Waals surface area contributed by atoms with Crippen molar-refractivity contribution in [3.8, 4) is 0 Å². The first-order chi connectivity index (χ1) is 13.9. The normalized spacial score (nSPS) is 20.4.